The van der Waals surface area contributed by atoms with Crippen molar-refractivity contribution in [3.63, 3.8) is 0 Å². The normalized spacial score (nSPS) is 16.5. The zero-order chi connectivity index (χ0) is 13.8. The molecule has 104 valence electrons. The number of anilines is 1. The van der Waals surface area contributed by atoms with Crippen LogP contribution in [0.3, 0.4) is 0 Å². The molecule has 2 N–H and O–H groups in total. The third kappa shape index (κ3) is 3.47. The van der Waals surface area contributed by atoms with Gasteiger partial charge in [0.25, 0.3) is 5.91 Å². The molecule has 0 aromatic heterocycles. The van der Waals surface area contributed by atoms with Crippen molar-refractivity contribution >= 4 is 11.6 Å². The largest absolute Gasteiger partial charge is 0.392 e. The van der Waals surface area contributed by atoms with Gasteiger partial charge in [-0.25, -0.2) is 0 Å². The Balaban J connectivity index is 2.21. The van der Waals surface area contributed by atoms with E-state index in [0.29, 0.717) is 5.56 Å². The number of hydrogen-bond acceptors (Lipinski definition) is 3. The number of aryl methyl sites for hydroxylation is 1. The second kappa shape index (κ2) is 6.06. The number of nitrogens with one attached hydrogen (secondary N) is 1. The minimum Gasteiger partial charge on any atom is -0.392 e. The Morgan fingerprint density at radius 1 is 1.42 bits per heavy atom. The Morgan fingerprint density at radius 3 is 2.74 bits per heavy atom. The summed E-state index contributed by atoms with van der Waals surface area (Å²) in [5.74, 6) is -0.105. The predicted octanol–water partition coefficient (Wildman–Crippen LogP) is 1.71. The van der Waals surface area contributed by atoms with Crippen LogP contribution in [-0.2, 0) is 0 Å². The second-order valence-electron chi connectivity index (χ2n) is 5.27. The fourth-order valence-corrected chi connectivity index (χ4v) is 2.40. The summed E-state index contributed by atoms with van der Waals surface area (Å²) < 4.78 is 0. The Hall–Kier alpha value is -1.55. The monoisotopic (exact) mass is 262 g/mol. The van der Waals surface area contributed by atoms with Gasteiger partial charge in [-0.05, 0) is 38.8 Å². The number of aliphatic hydroxyl groups excluding tert-OH is 1. The molecular weight excluding hydrogens is 240 g/mol. The molecule has 4 nitrogen and oxygen atoms in total. The van der Waals surface area contributed by atoms with Crippen LogP contribution in [0.2, 0.25) is 0 Å². The first kappa shape index (κ1) is 13.9. The molecule has 0 radical (unpaired) electrons. The van der Waals surface area contributed by atoms with E-state index in [9.17, 15) is 9.90 Å². The van der Waals surface area contributed by atoms with Gasteiger partial charge in [-0.1, -0.05) is 11.6 Å². The van der Waals surface area contributed by atoms with E-state index in [1.54, 1.807) is 6.92 Å². The zero-order valence-corrected chi connectivity index (χ0v) is 11.6. The Morgan fingerprint density at radius 2 is 2.11 bits per heavy atom. The molecule has 19 heavy (non-hydrogen) atoms. The zero-order valence-electron chi connectivity index (χ0n) is 11.6. The maximum Gasteiger partial charge on any atom is 0.253 e. The number of hydrogen-bond donors (Lipinski definition) is 2. The van der Waals surface area contributed by atoms with Crippen LogP contribution in [-0.4, -0.2) is 36.8 Å². The molecule has 1 aliphatic rings. The SMILES string of the molecule is Cc1ccc(N2CCCC2)c(C(=O)NCC(C)O)c1. The highest BCUT2D eigenvalue weighted by molar-refractivity contribution is 6.00. The lowest BCUT2D eigenvalue weighted by atomic mass is 10.1. The molecule has 2 rings (SSSR count). The van der Waals surface area contributed by atoms with E-state index < -0.39 is 6.10 Å². The van der Waals surface area contributed by atoms with Crippen LogP contribution in [0.15, 0.2) is 18.2 Å². The van der Waals surface area contributed by atoms with Crippen LogP contribution in [0.4, 0.5) is 5.69 Å². The molecule has 0 saturated carbocycles. The molecule has 1 atom stereocenters. The summed E-state index contributed by atoms with van der Waals surface area (Å²) in [5, 5.41) is 12.0. The molecule has 0 bridgehead atoms. The maximum atomic E-state index is 12.2. The molecule has 1 amide bonds. The molecule has 1 fully saturated rings. The van der Waals surface area contributed by atoms with Gasteiger partial charge in [0.05, 0.1) is 11.7 Å². The molecule has 1 aliphatic heterocycles. The molecule has 1 heterocycles. The van der Waals surface area contributed by atoms with Gasteiger partial charge in [-0.3, -0.25) is 4.79 Å². The predicted molar refractivity (Wildman–Crippen MR) is 76.6 cm³/mol. The first-order valence-corrected chi connectivity index (χ1v) is 6.90. The summed E-state index contributed by atoms with van der Waals surface area (Å²) in [6.07, 6.45) is 1.84. The fraction of sp³-hybridized carbons (Fsp3) is 0.533. The highest BCUT2D eigenvalue weighted by Gasteiger charge is 2.19. The number of nitrogens with zero attached hydrogens (tertiary/aromatic N) is 1. The summed E-state index contributed by atoms with van der Waals surface area (Å²) >= 11 is 0. The Bertz CT molecular complexity index is 451. The summed E-state index contributed by atoms with van der Waals surface area (Å²) in [7, 11) is 0. The minimum atomic E-state index is -0.524. The van der Waals surface area contributed by atoms with Crippen LogP contribution in [0.5, 0.6) is 0 Å². The lowest BCUT2D eigenvalue weighted by Crippen LogP contribution is -2.32. The van der Waals surface area contributed by atoms with Gasteiger partial charge in [0.2, 0.25) is 0 Å². The summed E-state index contributed by atoms with van der Waals surface area (Å²) in [4.78, 5) is 14.5. The molecule has 0 spiro atoms. The Kier molecular flexibility index (Phi) is 4.43. The summed E-state index contributed by atoms with van der Waals surface area (Å²) in [5.41, 5.74) is 2.79. The van der Waals surface area contributed by atoms with Crippen LogP contribution in [0.25, 0.3) is 0 Å². The van der Waals surface area contributed by atoms with Crippen LogP contribution in [0, 0.1) is 6.92 Å². The van der Waals surface area contributed by atoms with E-state index in [2.05, 4.69) is 10.2 Å². The van der Waals surface area contributed by atoms with Crippen molar-refractivity contribution in [1.29, 1.82) is 0 Å². The number of benzene rings is 1. The van der Waals surface area contributed by atoms with Gasteiger partial charge >= 0.3 is 0 Å². The quantitative estimate of drug-likeness (QED) is 0.868. The smallest absolute Gasteiger partial charge is 0.253 e. The molecule has 1 aromatic rings. The number of amides is 1. The third-order valence-electron chi connectivity index (χ3n) is 3.40. The van der Waals surface area contributed by atoms with Gasteiger partial charge in [0, 0.05) is 25.3 Å². The Labute approximate surface area is 114 Å². The average Bonchev–Trinajstić information content (AvgIpc) is 2.89. The molecule has 1 unspecified atom stereocenters. The van der Waals surface area contributed by atoms with E-state index in [1.165, 1.54) is 12.8 Å². The topological polar surface area (TPSA) is 52.6 Å². The van der Waals surface area contributed by atoms with Crippen molar-refractivity contribution in [2.75, 3.05) is 24.5 Å². The van der Waals surface area contributed by atoms with Gasteiger partial charge < -0.3 is 15.3 Å². The van der Waals surface area contributed by atoms with Crippen molar-refractivity contribution in [2.24, 2.45) is 0 Å². The molecular formula is C15H22N2O2. The van der Waals surface area contributed by atoms with E-state index in [1.807, 2.05) is 25.1 Å². The van der Waals surface area contributed by atoms with Crippen LogP contribution >= 0.6 is 0 Å². The highest BCUT2D eigenvalue weighted by Crippen LogP contribution is 2.25. The average molecular weight is 262 g/mol. The number of carbonyl (C=O) groups is 1. The van der Waals surface area contributed by atoms with E-state index in [4.69, 9.17) is 0 Å². The lowest BCUT2D eigenvalue weighted by Gasteiger charge is -2.21. The molecule has 1 saturated heterocycles. The third-order valence-corrected chi connectivity index (χ3v) is 3.40. The molecule has 1 aromatic carbocycles. The number of rotatable bonds is 4. The fourth-order valence-electron chi connectivity index (χ4n) is 2.40. The standard InChI is InChI=1S/C15H22N2O2/c1-11-5-6-14(17-7-3-4-8-17)13(9-11)15(19)16-10-12(2)18/h5-6,9,12,18H,3-4,7-8,10H2,1-2H3,(H,16,19). The van der Waals surface area contributed by atoms with Crippen molar-refractivity contribution < 1.29 is 9.90 Å². The highest BCUT2D eigenvalue weighted by atomic mass is 16.3. The van der Waals surface area contributed by atoms with E-state index >= 15 is 0 Å². The van der Waals surface area contributed by atoms with Gasteiger partial charge in [0.1, 0.15) is 0 Å². The summed E-state index contributed by atoms with van der Waals surface area (Å²) in [6, 6.07) is 5.99. The second-order valence-corrected chi connectivity index (χ2v) is 5.27. The van der Waals surface area contributed by atoms with Gasteiger partial charge in [-0.15, -0.1) is 0 Å². The number of aliphatic hydroxyl groups is 1. The van der Waals surface area contributed by atoms with Crippen molar-refractivity contribution in [3.8, 4) is 0 Å². The minimum absolute atomic E-state index is 0.105. The van der Waals surface area contributed by atoms with Crippen molar-refractivity contribution in [1.82, 2.24) is 5.32 Å². The van der Waals surface area contributed by atoms with Crippen molar-refractivity contribution in [3.05, 3.63) is 29.3 Å². The van der Waals surface area contributed by atoms with E-state index in [-0.39, 0.29) is 12.5 Å². The maximum absolute atomic E-state index is 12.2. The van der Waals surface area contributed by atoms with Gasteiger partial charge in [0.15, 0.2) is 0 Å². The lowest BCUT2D eigenvalue weighted by molar-refractivity contribution is 0.0924. The molecule has 0 aliphatic carbocycles. The number of carbonyl (C=O) groups excluding carboxylic acids is 1. The van der Waals surface area contributed by atoms with Crippen LogP contribution in [0.1, 0.15) is 35.7 Å². The van der Waals surface area contributed by atoms with Crippen molar-refractivity contribution in [2.45, 2.75) is 32.8 Å². The summed E-state index contributed by atoms with van der Waals surface area (Å²) in [6.45, 7) is 5.96. The van der Waals surface area contributed by atoms with Crippen LogP contribution < -0.4 is 10.2 Å². The first-order valence-electron chi connectivity index (χ1n) is 6.90. The van der Waals surface area contributed by atoms with E-state index in [0.717, 1.165) is 24.3 Å². The van der Waals surface area contributed by atoms with Gasteiger partial charge in [-0.2, -0.15) is 0 Å². The first-order chi connectivity index (χ1) is 9.08. The molecule has 4 heteroatoms.